The Balaban J connectivity index is 1.77. The molecule has 1 heterocycles. The molecular weight excluding hydrogens is 324 g/mol. The average Bonchev–Trinajstić information content (AvgIpc) is 3.09. The van der Waals surface area contributed by atoms with Gasteiger partial charge >= 0.3 is 0 Å². The first kappa shape index (κ1) is 18.2. The van der Waals surface area contributed by atoms with Gasteiger partial charge in [-0.1, -0.05) is 33.3 Å². The number of aromatic nitrogens is 1. The lowest BCUT2D eigenvalue weighted by atomic mass is 9.98. The van der Waals surface area contributed by atoms with Crippen molar-refractivity contribution in [2.24, 2.45) is 0 Å². The van der Waals surface area contributed by atoms with Crippen molar-refractivity contribution >= 4 is 22.7 Å². The molecule has 26 heavy (non-hydrogen) atoms. The predicted molar refractivity (Wildman–Crippen MR) is 106 cm³/mol. The Hall–Kier alpha value is -2.62. The van der Waals surface area contributed by atoms with Crippen molar-refractivity contribution in [1.82, 2.24) is 4.98 Å². The van der Waals surface area contributed by atoms with E-state index >= 15 is 0 Å². The van der Waals surface area contributed by atoms with Gasteiger partial charge in [0.15, 0.2) is 5.58 Å². The van der Waals surface area contributed by atoms with Crippen molar-refractivity contribution in [2.45, 2.75) is 52.4 Å². The zero-order valence-electron chi connectivity index (χ0n) is 15.7. The minimum absolute atomic E-state index is 0.0547. The first-order valence-electron chi connectivity index (χ1n) is 9.41. The average molecular weight is 350 g/mol. The van der Waals surface area contributed by atoms with Gasteiger partial charge in [0.1, 0.15) is 5.52 Å². The normalized spacial score (nSPS) is 12.3. The molecule has 3 rings (SSSR count). The summed E-state index contributed by atoms with van der Waals surface area (Å²) in [5.74, 6) is 1.17. The van der Waals surface area contributed by atoms with Gasteiger partial charge in [-0.15, -0.1) is 0 Å². The molecule has 136 valence electrons. The number of nitrogens with one attached hydrogen (secondary N) is 1. The van der Waals surface area contributed by atoms with Gasteiger partial charge in [-0.05, 0) is 60.7 Å². The van der Waals surface area contributed by atoms with Gasteiger partial charge in [0.25, 0.3) is 0 Å². The van der Waals surface area contributed by atoms with E-state index in [2.05, 4.69) is 43.2 Å². The zero-order valence-corrected chi connectivity index (χ0v) is 15.7. The molecule has 1 aromatic heterocycles. The van der Waals surface area contributed by atoms with Crippen molar-refractivity contribution < 1.29 is 9.21 Å². The number of hydrogen-bond donors (Lipinski definition) is 1. The Labute approximate surface area is 154 Å². The van der Waals surface area contributed by atoms with Crippen LogP contribution in [0.1, 0.15) is 57.9 Å². The summed E-state index contributed by atoms with van der Waals surface area (Å²) in [5, 5.41) is 2.92. The molecule has 0 spiro atoms. The van der Waals surface area contributed by atoms with E-state index in [0.29, 0.717) is 18.2 Å². The molecule has 0 saturated heterocycles. The Bertz CT molecular complexity index is 881. The van der Waals surface area contributed by atoms with E-state index in [-0.39, 0.29) is 5.91 Å². The maximum absolute atomic E-state index is 11.8. The number of hydrogen-bond acceptors (Lipinski definition) is 3. The summed E-state index contributed by atoms with van der Waals surface area (Å²) in [5.41, 5.74) is 4.66. The molecule has 0 aliphatic rings. The van der Waals surface area contributed by atoms with Crippen LogP contribution in [-0.4, -0.2) is 10.9 Å². The van der Waals surface area contributed by atoms with E-state index in [0.717, 1.165) is 41.6 Å². The highest BCUT2D eigenvalue weighted by Crippen LogP contribution is 2.28. The lowest BCUT2D eigenvalue weighted by Gasteiger charge is -2.07. The van der Waals surface area contributed by atoms with E-state index < -0.39 is 0 Å². The molecule has 0 bridgehead atoms. The molecule has 4 heteroatoms. The predicted octanol–water partition coefficient (Wildman–Crippen LogP) is 6.14. The molecule has 4 nitrogen and oxygen atoms in total. The number of carbonyl (C=O) groups excluding carboxylic acids is 1. The van der Waals surface area contributed by atoms with Crippen LogP contribution in [0, 0.1) is 0 Å². The van der Waals surface area contributed by atoms with Gasteiger partial charge in [0.05, 0.1) is 0 Å². The lowest BCUT2D eigenvalue weighted by molar-refractivity contribution is -0.116. The number of unbranched alkanes of at least 4 members (excludes halogenated alkanes) is 1. The molecule has 1 amide bonds. The Morgan fingerprint density at radius 1 is 1.15 bits per heavy atom. The van der Waals surface area contributed by atoms with Gasteiger partial charge in [-0.3, -0.25) is 4.79 Å². The highest BCUT2D eigenvalue weighted by atomic mass is 16.3. The summed E-state index contributed by atoms with van der Waals surface area (Å²) in [6, 6.07) is 13.8. The minimum atomic E-state index is 0.0547. The van der Waals surface area contributed by atoms with Crippen LogP contribution in [0.25, 0.3) is 22.6 Å². The molecule has 3 aromatic rings. The summed E-state index contributed by atoms with van der Waals surface area (Å²) >= 11 is 0. The molecule has 0 aliphatic heterocycles. The van der Waals surface area contributed by atoms with E-state index in [1.165, 1.54) is 5.56 Å². The summed E-state index contributed by atoms with van der Waals surface area (Å²) in [6.45, 7) is 6.48. The second kappa shape index (κ2) is 8.17. The smallest absolute Gasteiger partial charge is 0.227 e. The standard InChI is InChI=1S/C22H26N2O2/c1-4-6-7-21(25)23-18-11-8-16(9-12-18)22-24-19-14-17(15(3)5-2)10-13-20(19)26-22/h8-15H,4-7H2,1-3H3,(H,23,25)/t15-/m0/s1. The molecule has 0 unspecified atom stereocenters. The first-order valence-corrected chi connectivity index (χ1v) is 9.41. The van der Waals surface area contributed by atoms with E-state index in [1.54, 1.807) is 0 Å². The van der Waals surface area contributed by atoms with Gasteiger partial charge in [0, 0.05) is 17.7 Å². The van der Waals surface area contributed by atoms with Crippen molar-refractivity contribution in [3.8, 4) is 11.5 Å². The second-order valence-electron chi connectivity index (χ2n) is 6.78. The number of oxazole rings is 1. The summed E-state index contributed by atoms with van der Waals surface area (Å²) in [4.78, 5) is 16.5. The van der Waals surface area contributed by atoms with Gasteiger partial charge in [0.2, 0.25) is 11.8 Å². The number of fused-ring (bicyclic) bond motifs is 1. The number of anilines is 1. The van der Waals surface area contributed by atoms with Crippen molar-refractivity contribution in [3.63, 3.8) is 0 Å². The maximum Gasteiger partial charge on any atom is 0.227 e. The Kier molecular flexibility index (Phi) is 5.71. The summed E-state index contributed by atoms with van der Waals surface area (Å²) < 4.78 is 5.90. The molecular formula is C22H26N2O2. The van der Waals surface area contributed by atoms with Gasteiger partial charge in [-0.2, -0.15) is 0 Å². The highest BCUT2D eigenvalue weighted by molar-refractivity contribution is 5.90. The van der Waals surface area contributed by atoms with Crippen LogP contribution < -0.4 is 5.32 Å². The van der Waals surface area contributed by atoms with Crippen molar-refractivity contribution in [1.29, 1.82) is 0 Å². The van der Waals surface area contributed by atoms with E-state index in [4.69, 9.17) is 4.42 Å². The van der Waals surface area contributed by atoms with Crippen LogP contribution in [0.4, 0.5) is 5.69 Å². The number of nitrogens with zero attached hydrogens (tertiary/aromatic N) is 1. The fourth-order valence-corrected chi connectivity index (χ4v) is 2.87. The SMILES string of the molecule is CCCCC(=O)Nc1ccc(-c2nc3cc([C@@H](C)CC)ccc3o2)cc1. The largest absolute Gasteiger partial charge is 0.436 e. The Morgan fingerprint density at radius 2 is 1.92 bits per heavy atom. The fraction of sp³-hybridized carbons (Fsp3) is 0.364. The van der Waals surface area contributed by atoms with Gasteiger partial charge < -0.3 is 9.73 Å². The first-order chi connectivity index (χ1) is 12.6. The van der Waals surface area contributed by atoms with Crippen LogP contribution in [0.15, 0.2) is 46.9 Å². The Morgan fingerprint density at radius 3 is 2.62 bits per heavy atom. The van der Waals surface area contributed by atoms with Crippen LogP contribution in [0.2, 0.25) is 0 Å². The van der Waals surface area contributed by atoms with Crippen molar-refractivity contribution in [2.75, 3.05) is 5.32 Å². The van der Waals surface area contributed by atoms with Gasteiger partial charge in [-0.25, -0.2) is 4.98 Å². The van der Waals surface area contributed by atoms with E-state index in [1.807, 2.05) is 30.3 Å². The molecule has 1 atom stereocenters. The summed E-state index contributed by atoms with van der Waals surface area (Å²) in [6.07, 6.45) is 3.58. The molecule has 0 fully saturated rings. The number of amides is 1. The highest BCUT2D eigenvalue weighted by Gasteiger charge is 2.11. The maximum atomic E-state index is 11.8. The zero-order chi connectivity index (χ0) is 18.5. The van der Waals surface area contributed by atoms with Crippen LogP contribution in [0.5, 0.6) is 0 Å². The summed E-state index contributed by atoms with van der Waals surface area (Å²) in [7, 11) is 0. The fourth-order valence-electron chi connectivity index (χ4n) is 2.87. The number of carbonyl (C=O) groups is 1. The molecule has 0 radical (unpaired) electrons. The topological polar surface area (TPSA) is 55.1 Å². The second-order valence-corrected chi connectivity index (χ2v) is 6.78. The lowest BCUT2D eigenvalue weighted by Crippen LogP contribution is -2.10. The van der Waals surface area contributed by atoms with Crippen molar-refractivity contribution in [3.05, 3.63) is 48.0 Å². The molecule has 1 N–H and O–H groups in total. The number of benzene rings is 2. The third-order valence-electron chi connectivity index (χ3n) is 4.77. The quantitative estimate of drug-likeness (QED) is 0.557. The molecule has 0 saturated carbocycles. The molecule has 0 aliphatic carbocycles. The van der Waals surface area contributed by atoms with E-state index in [9.17, 15) is 4.79 Å². The van der Waals surface area contributed by atoms with Crippen LogP contribution in [0.3, 0.4) is 0 Å². The monoisotopic (exact) mass is 350 g/mol. The minimum Gasteiger partial charge on any atom is -0.436 e. The van der Waals surface area contributed by atoms with Crippen LogP contribution in [-0.2, 0) is 4.79 Å². The van der Waals surface area contributed by atoms with Crippen LogP contribution >= 0.6 is 0 Å². The molecule has 2 aromatic carbocycles. The third-order valence-corrected chi connectivity index (χ3v) is 4.77. The number of rotatable bonds is 7. The third kappa shape index (κ3) is 4.13.